The summed E-state index contributed by atoms with van der Waals surface area (Å²) in [6.07, 6.45) is 5.80. The Morgan fingerprint density at radius 2 is 2.31 bits per heavy atom. The number of hydrogen-bond donors (Lipinski definition) is 0. The van der Waals surface area contributed by atoms with Gasteiger partial charge >= 0.3 is 0 Å². The van der Waals surface area contributed by atoms with Crippen LogP contribution in [-0.4, -0.2) is 10.4 Å². The molecule has 0 saturated heterocycles. The first kappa shape index (κ1) is 12.2. The van der Waals surface area contributed by atoms with Gasteiger partial charge in [-0.3, -0.25) is 4.79 Å². The van der Waals surface area contributed by atoms with Gasteiger partial charge in [0.1, 0.15) is 0 Å². The monoisotopic (exact) mass is 254 g/mol. The van der Waals surface area contributed by atoms with Crippen molar-refractivity contribution in [3.63, 3.8) is 0 Å². The van der Waals surface area contributed by atoms with Crippen molar-refractivity contribution in [3.05, 3.63) is 22.4 Å². The van der Waals surface area contributed by atoms with E-state index in [0.717, 1.165) is 0 Å². The highest BCUT2D eigenvalue weighted by molar-refractivity contribution is 8.14. The summed E-state index contributed by atoms with van der Waals surface area (Å²) in [7, 11) is 0. The Labute approximate surface area is 106 Å². The van der Waals surface area contributed by atoms with Gasteiger partial charge in [0, 0.05) is 16.5 Å². The molecule has 0 unspecified atom stereocenters. The predicted molar refractivity (Wildman–Crippen MR) is 72.2 cm³/mol. The summed E-state index contributed by atoms with van der Waals surface area (Å²) < 4.78 is 0. The van der Waals surface area contributed by atoms with Gasteiger partial charge in [0.15, 0.2) is 5.12 Å². The van der Waals surface area contributed by atoms with Gasteiger partial charge in [0.2, 0.25) is 0 Å². The van der Waals surface area contributed by atoms with E-state index in [1.807, 2.05) is 0 Å². The topological polar surface area (TPSA) is 17.1 Å². The molecular formula is C13H18OS2. The molecule has 1 atom stereocenters. The lowest BCUT2D eigenvalue weighted by atomic mass is 10.1. The number of rotatable bonds is 4. The summed E-state index contributed by atoms with van der Waals surface area (Å²) >= 11 is 3.35. The van der Waals surface area contributed by atoms with Crippen LogP contribution in [0.3, 0.4) is 0 Å². The van der Waals surface area contributed by atoms with Crippen LogP contribution in [0.1, 0.15) is 49.8 Å². The number of thiophene rings is 1. The molecule has 1 fully saturated rings. The molecule has 3 heteroatoms. The van der Waals surface area contributed by atoms with Crippen molar-refractivity contribution in [1.29, 1.82) is 0 Å². The molecule has 16 heavy (non-hydrogen) atoms. The molecule has 1 heterocycles. The van der Waals surface area contributed by atoms with Gasteiger partial charge in [0.25, 0.3) is 0 Å². The highest BCUT2D eigenvalue weighted by Gasteiger charge is 2.20. The maximum Gasteiger partial charge on any atom is 0.189 e. The smallest absolute Gasteiger partial charge is 0.189 e. The molecule has 0 aliphatic heterocycles. The Balaban J connectivity index is 1.78. The SMILES string of the molecule is C[C@H](CC(=O)SC1CCCC1)c1cccs1. The molecule has 0 radical (unpaired) electrons. The number of carbonyl (C=O) groups is 1. The summed E-state index contributed by atoms with van der Waals surface area (Å²) in [4.78, 5) is 13.2. The van der Waals surface area contributed by atoms with Crippen LogP contribution in [0, 0.1) is 0 Å². The van der Waals surface area contributed by atoms with E-state index in [0.29, 0.717) is 22.7 Å². The lowest BCUT2D eigenvalue weighted by Crippen LogP contribution is -2.05. The van der Waals surface area contributed by atoms with Crippen LogP contribution >= 0.6 is 23.1 Å². The summed E-state index contributed by atoms with van der Waals surface area (Å²) in [5.74, 6) is 0.390. The molecule has 1 aromatic heterocycles. The number of thioether (sulfide) groups is 1. The molecule has 0 N–H and O–H groups in total. The Morgan fingerprint density at radius 1 is 1.56 bits per heavy atom. The molecule has 0 amide bonds. The Kier molecular flexibility index (Phi) is 4.47. The quantitative estimate of drug-likeness (QED) is 0.790. The van der Waals surface area contributed by atoms with Crippen LogP contribution in [0.15, 0.2) is 17.5 Å². The van der Waals surface area contributed by atoms with E-state index < -0.39 is 0 Å². The van der Waals surface area contributed by atoms with E-state index in [2.05, 4.69) is 24.4 Å². The molecule has 0 aromatic carbocycles. The standard InChI is InChI=1S/C13H18OS2/c1-10(12-7-4-8-15-12)9-13(14)16-11-5-2-3-6-11/h4,7-8,10-11H,2-3,5-6,9H2,1H3/t10-/m1/s1. The zero-order chi connectivity index (χ0) is 11.4. The van der Waals surface area contributed by atoms with Crippen molar-refractivity contribution in [2.75, 3.05) is 0 Å². The van der Waals surface area contributed by atoms with E-state index in [1.54, 1.807) is 23.1 Å². The molecule has 2 rings (SSSR count). The van der Waals surface area contributed by atoms with Crippen LogP contribution < -0.4 is 0 Å². The van der Waals surface area contributed by atoms with Gasteiger partial charge in [-0.2, -0.15) is 0 Å². The molecule has 1 aliphatic rings. The van der Waals surface area contributed by atoms with Gasteiger partial charge in [0.05, 0.1) is 0 Å². The molecule has 1 nitrogen and oxygen atoms in total. The zero-order valence-electron chi connectivity index (χ0n) is 9.65. The van der Waals surface area contributed by atoms with Gasteiger partial charge < -0.3 is 0 Å². The van der Waals surface area contributed by atoms with Crippen molar-refractivity contribution >= 4 is 28.2 Å². The molecule has 88 valence electrons. The highest BCUT2D eigenvalue weighted by Crippen LogP contribution is 2.33. The van der Waals surface area contributed by atoms with E-state index in [9.17, 15) is 4.79 Å². The number of hydrogen-bond acceptors (Lipinski definition) is 3. The minimum absolute atomic E-state index is 0.382. The minimum Gasteiger partial charge on any atom is -0.287 e. The fraction of sp³-hybridized carbons (Fsp3) is 0.615. The summed E-state index contributed by atoms with van der Waals surface area (Å²) in [5.41, 5.74) is 0. The van der Waals surface area contributed by atoms with Crippen LogP contribution in [0.2, 0.25) is 0 Å². The molecule has 0 bridgehead atoms. The second kappa shape index (κ2) is 5.87. The average molecular weight is 254 g/mol. The third kappa shape index (κ3) is 3.36. The van der Waals surface area contributed by atoms with Crippen LogP contribution in [-0.2, 0) is 4.79 Å². The van der Waals surface area contributed by atoms with Crippen molar-refractivity contribution in [1.82, 2.24) is 0 Å². The lowest BCUT2D eigenvalue weighted by molar-refractivity contribution is -0.111. The van der Waals surface area contributed by atoms with Gasteiger partial charge in [-0.1, -0.05) is 37.6 Å². The normalized spacial score (nSPS) is 18.8. The van der Waals surface area contributed by atoms with Crippen LogP contribution in [0.5, 0.6) is 0 Å². The van der Waals surface area contributed by atoms with Crippen molar-refractivity contribution in [2.45, 2.75) is 50.2 Å². The van der Waals surface area contributed by atoms with E-state index in [1.165, 1.54) is 30.6 Å². The number of carbonyl (C=O) groups excluding carboxylic acids is 1. The maximum atomic E-state index is 11.9. The second-order valence-electron chi connectivity index (χ2n) is 4.52. The summed E-state index contributed by atoms with van der Waals surface area (Å²) in [6.45, 7) is 2.15. The summed E-state index contributed by atoms with van der Waals surface area (Å²) in [6, 6.07) is 4.19. The van der Waals surface area contributed by atoms with E-state index in [4.69, 9.17) is 0 Å². The van der Waals surface area contributed by atoms with Crippen LogP contribution in [0.25, 0.3) is 0 Å². The Hall–Kier alpha value is -0.280. The van der Waals surface area contributed by atoms with Crippen molar-refractivity contribution in [3.8, 4) is 0 Å². The van der Waals surface area contributed by atoms with Gasteiger partial charge in [-0.15, -0.1) is 11.3 Å². The third-order valence-electron chi connectivity index (χ3n) is 3.10. The molecule has 1 aromatic rings. The summed E-state index contributed by atoms with van der Waals surface area (Å²) in [5, 5.41) is 3.08. The van der Waals surface area contributed by atoms with Crippen LogP contribution in [0.4, 0.5) is 0 Å². The van der Waals surface area contributed by atoms with Crippen molar-refractivity contribution in [2.24, 2.45) is 0 Å². The van der Waals surface area contributed by atoms with E-state index >= 15 is 0 Å². The van der Waals surface area contributed by atoms with Crippen molar-refractivity contribution < 1.29 is 4.79 Å². The molecule has 1 aliphatic carbocycles. The third-order valence-corrected chi connectivity index (χ3v) is 5.44. The first-order valence-electron chi connectivity index (χ1n) is 5.98. The fourth-order valence-electron chi connectivity index (χ4n) is 2.16. The van der Waals surface area contributed by atoms with Gasteiger partial charge in [-0.25, -0.2) is 0 Å². The van der Waals surface area contributed by atoms with E-state index in [-0.39, 0.29) is 0 Å². The minimum atomic E-state index is 0.382. The first-order valence-corrected chi connectivity index (χ1v) is 7.74. The Bertz CT molecular complexity index is 326. The Morgan fingerprint density at radius 3 is 2.94 bits per heavy atom. The molecule has 0 spiro atoms. The lowest BCUT2D eigenvalue weighted by Gasteiger charge is -2.10. The maximum absolute atomic E-state index is 11.9. The average Bonchev–Trinajstić information content (AvgIpc) is 2.88. The first-order chi connectivity index (χ1) is 7.75. The van der Waals surface area contributed by atoms with Gasteiger partial charge in [-0.05, 0) is 30.2 Å². The largest absolute Gasteiger partial charge is 0.287 e. The zero-order valence-corrected chi connectivity index (χ0v) is 11.3. The second-order valence-corrected chi connectivity index (χ2v) is 6.85. The molecule has 1 saturated carbocycles. The highest BCUT2D eigenvalue weighted by atomic mass is 32.2. The predicted octanol–water partition coefficient (Wildman–Crippen LogP) is 4.44. The fourth-order valence-corrected chi connectivity index (χ4v) is 4.24. The molecular weight excluding hydrogens is 236 g/mol.